The van der Waals surface area contributed by atoms with Crippen molar-refractivity contribution in [1.82, 2.24) is 0 Å². The SMILES string of the molecule is COCOC12CCC(OCOC)(CC1)c1ccc(cc1)-c1ccc(cc1)-c1ccc(cc1)C1(OCOC)CCC(OCOC)(CC1)c1ccc(cc1)-c1ccc(cc1)C1(OCOC)CCC(OCOC)(CC1)c1ccc(cc1)-c1ccc(cc1)-c1ccc2cc1. The Morgan fingerprint density at radius 2 is 0.278 bits per heavy atom. The zero-order chi connectivity index (χ0) is 62.1. The average Bonchev–Trinajstić information content (AvgIpc) is 0.851. The molecule has 0 N–H and O–H groups in total. The minimum absolute atomic E-state index is 0.176. The Labute approximate surface area is 531 Å². The van der Waals surface area contributed by atoms with Gasteiger partial charge in [-0.3, -0.25) is 0 Å². The summed E-state index contributed by atoms with van der Waals surface area (Å²) in [5, 5.41) is 0. The number of hydrogen-bond acceptors (Lipinski definition) is 12. The number of benzene rings is 8. The predicted octanol–water partition coefficient (Wildman–Crippen LogP) is 17.1. The van der Waals surface area contributed by atoms with Crippen molar-refractivity contribution in [2.45, 2.75) is 111 Å². The van der Waals surface area contributed by atoms with Gasteiger partial charge in [-0.1, -0.05) is 194 Å². The molecule has 8 aromatic carbocycles. The first-order valence-corrected chi connectivity index (χ1v) is 31.7. The van der Waals surface area contributed by atoms with E-state index in [0.717, 1.165) is 166 Å². The van der Waals surface area contributed by atoms with Gasteiger partial charge in [0.05, 0.1) is 33.6 Å². The number of rotatable bonds is 18. The highest BCUT2D eigenvalue weighted by atomic mass is 16.7. The van der Waals surface area contributed by atoms with Crippen molar-refractivity contribution in [2.24, 2.45) is 0 Å². The van der Waals surface area contributed by atoms with Gasteiger partial charge in [0.15, 0.2) is 0 Å². The van der Waals surface area contributed by atoms with Gasteiger partial charge in [0, 0.05) is 42.7 Å². The van der Waals surface area contributed by atoms with Crippen molar-refractivity contribution < 1.29 is 56.8 Å². The van der Waals surface area contributed by atoms with Crippen LogP contribution in [0.5, 0.6) is 0 Å². The Morgan fingerprint density at radius 3 is 0.378 bits per heavy atom. The van der Waals surface area contributed by atoms with E-state index < -0.39 is 33.6 Å². The molecule has 12 heteroatoms. The zero-order valence-corrected chi connectivity index (χ0v) is 53.1. The Bertz CT molecular complexity index is 3300. The van der Waals surface area contributed by atoms with E-state index in [2.05, 4.69) is 194 Å². The Morgan fingerprint density at radius 1 is 0.178 bits per heavy atom. The molecule has 8 aromatic rings. The standard InChI is InChI=1S/C78H86O12/c1-79-51-85-73-39-41-74(42-40-73,86-52-80-2)68-29-17-62(18-30-68)58-9-13-60(14-10-58)64-21-33-70(34-22-64)76(88-54-82-4)45-49-78(50-46-76,90-56-84-6)72-37-25-66(26-38-72)65-23-35-71(36-24-65)77(89-55-83-5)47-43-75(44-48-77,87-53-81-3)69-31-19-63(20-32-69)59-11-7-57(8-12-59)61-15-27-67(73)28-16-61/h7-38H,39-56H2,1-6H3. The lowest BCUT2D eigenvalue weighted by atomic mass is 9.70. The van der Waals surface area contributed by atoms with Gasteiger partial charge in [-0.15, -0.1) is 0 Å². The Kier molecular flexibility index (Phi) is 19.7. The Balaban J connectivity index is 0.869. The lowest BCUT2D eigenvalue weighted by molar-refractivity contribution is -0.203. The van der Waals surface area contributed by atoms with E-state index in [1.807, 2.05) is 0 Å². The minimum atomic E-state index is -0.579. The number of methoxy groups -OCH3 is 6. The largest absolute Gasteiger partial charge is 0.359 e. The summed E-state index contributed by atoms with van der Waals surface area (Å²) >= 11 is 0. The van der Waals surface area contributed by atoms with Crippen LogP contribution in [0.4, 0.5) is 0 Å². The molecule has 0 spiro atoms. The molecule has 470 valence electrons. The van der Waals surface area contributed by atoms with Crippen molar-refractivity contribution in [3.63, 3.8) is 0 Å². The summed E-state index contributed by atoms with van der Waals surface area (Å²) in [6.07, 6.45) is 8.71. The molecular weight excluding hydrogens is 1130 g/mol. The fourth-order valence-electron chi connectivity index (χ4n) is 14.8. The van der Waals surface area contributed by atoms with Crippen LogP contribution in [0.1, 0.15) is 110 Å². The summed E-state index contributed by atoms with van der Waals surface area (Å²) < 4.78 is 73.9. The second-order valence-electron chi connectivity index (χ2n) is 24.9. The monoisotopic (exact) mass is 1210 g/mol. The van der Waals surface area contributed by atoms with Crippen molar-refractivity contribution in [1.29, 1.82) is 0 Å². The molecule has 0 aromatic heterocycles. The van der Waals surface area contributed by atoms with Gasteiger partial charge in [0.1, 0.15) is 40.8 Å². The van der Waals surface area contributed by atoms with Gasteiger partial charge in [-0.2, -0.15) is 0 Å². The van der Waals surface area contributed by atoms with Crippen LogP contribution in [0, 0.1) is 0 Å². The van der Waals surface area contributed by atoms with E-state index in [1.165, 1.54) is 0 Å². The summed E-state index contributed by atoms with van der Waals surface area (Å²) in [4.78, 5) is 0. The van der Waals surface area contributed by atoms with E-state index in [-0.39, 0.29) is 40.8 Å². The molecular formula is C78H86O12. The smallest absolute Gasteiger partial charge is 0.147 e. The molecule has 0 unspecified atom stereocenters. The quantitative estimate of drug-likeness (QED) is 0.0763. The summed E-state index contributed by atoms with van der Waals surface area (Å²) in [6, 6.07) is 70.8. The lowest BCUT2D eigenvalue weighted by Gasteiger charge is -2.46. The molecule has 22 bridgehead atoms. The van der Waals surface area contributed by atoms with Crippen LogP contribution in [0.2, 0.25) is 0 Å². The highest BCUT2D eigenvalue weighted by Gasteiger charge is 2.49. The van der Waals surface area contributed by atoms with Crippen molar-refractivity contribution in [3.05, 3.63) is 228 Å². The fraction of sp³-hybridized carbons (Fsp3) is 0.385. The Hall–Kier alpha value is -6.72. The third kappa shape index (κ3) is 12.9. The lowest BCUT2D eigenvalue weighted by Crippen LogP contribution is -2.43. The van der Waals surface area contributed by atoms with Gasteiger partial charge in [0.25, 0.3) is 0 Å². The average molecular weight is 1220 g/mol. The first kappa shape index (κ1) is 63.4. The van der Waals surface area contributed by atoms with E-state index >= 15 is 0 Å². The molecule has 3 fully saturated rings. The maximum absolute atomic E-state index is 6.74. The van der Waals surface area contributed by atoms with Crippen molar-refractivity contribution in [3.8, 4) is 55.6 Å². The van der Waals surface area contributed by atoms with E-state index in [9.17, 15) is 0 Å². The molecule has 12 nitrogen and oxygen atoms in total. The second kappa shape index (κ2) is 28.0. The second-order valence-corrected chi connectivity index (χ2v) is 24.9. The first-order chi connectivity index (χ1) is 44.1. The predicted molar refractivity (Wildman–Crippen MR) is 350 cm³/mol. The summed E-state index contributed by atoms with van der Waals surface area (Å²) in [7, 11) is 10.1. The minimum Gasteiger partial charge on any atom is -0.359 e. The third-order valence-corrected chi connectivity index (χ3v) is 20.2. The zero-order valence-electron chi connectivity index (χ0n) is 53.1. The molecule has 0 atom stereocenters. The number of ether oxygens (including phenoxy) is 12. The fourth-order valence-corrected chi connectivity index (χ4v) is 14.8. The van der Waals surface area contributed by atoms with Gasteiger partial charge in [-0.25, -0.2) is 0 Å². The van der Waals surface area contributed by atoms with Gasteiger partial charge >= 0.3 is 0 Å². The van der Waals surface area contributed by atoms with Gasteiger partial charge in [-0.05, 0) is 166 Å². The van der Waals surface area contributed by atoms with Crippen LogP contribution < -0.4 is 0 Å². The maximum Gasteiger partial charge on any atom is 0.147 e. The third-order valence-electron chi connectivity index (χ3n) is 20.2. The first-order valence-electron chi connectivity index (χ1n) is 31.7. The summed E-state index contributed by atoms with van der Waals surface area (Å²) in [5.74, 6) is 0. The highest BCUT2D eigenvalue weighted by molar-refractivity contribution is 5.73. The van der Waals surface area contributed by atoms with Gasteiger partial charge < -0.3 is 56.8 Å². The molecule has 34 rings (SSSR count). The normalized spacial score (nSPS) is 24.6. The molecule has 0 amide bonds. The molecule has 3 saturated carbocycles. The topological polar surface area (TPSA) is 111 Å². The molecule has 26 aliphatic carbocycles. The van der Waals surface area contributed by atoms with Crippen LogP contribution in [0.25, 0.3) is 55.6 Å². The molecule has 0 saturated heterocycles. The van der Waals surface area contributed by atoms with E-state index in [4.69, 9.17) is 56.8 Å². The molecule has 0 aliphatic heterocycles. The van der Waals surface area contributed by atoms with Crippen molar-refractivity contribution in [2.75, 3.05) is 83.4 Å². The van der Waals surface area contributed by atoms with Crippen LogP contribution >= 0.6 is 0 Å². The molecule has 0 heterocycles. The van der Waals surface area contributed by atoms with E-state index in [1.54, 1.807) is 42.7 Å². The maximum atomic E-state index is 6.74. The summed E-state index contributed by atoms with van der Waals surface area (Å²) in [5.41, 5.74) is 14.6. The molecule has 0 radical (unpaired) electrons. The van der Waals surface area contributed by atoms with Crippen LogP contribution in [-0.2, 0) is 90.4 Å². The molecule has 26 aliphatic rings. The van der Waals surface area contributed by atoms with Crippen LogP contribution in [0.15, 0.2) is 194 Å². The van der Waals surface area contributed by atoms with E-state index in [0.29, 0.717) is 0 Å². The van der Waals surface area contributed by atoms with Crippen molar-refractivity contribution >= 4 is 0 Å². The highest BCUT2D eigenvalue weighted by Crippen LogP contribution is 2.54. The molecule has 90 heavy (non-hydrogen) atoms. The van der Waals surface area contributed by atoms with Gasteiger partial charge in [0.2, 0.25) is 0 Å². The van der Waals surface area contributed by atoms with Crippen LogP contribution in [0.3, 0.4) is 0 Å². The number of hydrogen-bond donors (Lipinski definition) is 0. The van der Waals surface area contributed by atoms with Crippen LogP contribution in [-0.4, -0.2) is 83.4 Å². The summed E-state index contributed by atoms with van der Waals surface area (Å²) in [6.45, 7) is 1.07.